The Bertz CT molecular complexity index is 665. The van der Waals surface area contributed by atoms with Gasteiger partial charge < -0.3 is 10.8 Å². The van der Waals surface area contributed by atoms with Gasteiger partial charge in [0, 0.05) is 5.92 Å². The average Bonchev–Trinajstić information content (AvgIpc) is 2.73. The lowest BCUT2D eigenvalue weighted by Crippen LogP contribution is -2.27. The molecule has 1 aliphatic rings. The summed E-state index contributed by atoms with van der Waals surface area (Å²) in [5.74, 6) is 0.456. The summed E-state index contributed by atoms with van der Waals surface area (Å²) in [6.45, 7) is 0. The molecular weight excluding hydrogens is 292 g/mol. The molecule has 6 nitrogen and oxygen atoms in total. The van der Waals surface area contributed by atoms with E-state index in [2.05, 4.69) is 10.4 Å². The predicted octanol–water partition coefficient (Wildman–Crippen LogP) is 2.25. The molecule has 0 aliphatic heterocycles. The number of carbonyl (C=O) groups is 1. The smallest absolute Gasteiger partial charge is 0.317 e. The number of urea groups is 1. The molecule has 1 heterocycles. The molecular formula is C14H15ClN4O2. The summed E-state index contributed by atoms with van der Waals surface area (Å²) >= 11 is 6.34. The molecule has 1 aliphatic carbocycles. The van der Waals surface area contributed by atoms with E-state index in [0.29, 0.717) is 29.4 Å². The van der Waals surface area contributed by atoms with E-state index < -0.39 is 6.03 Å². The highest BCUT2D eigenvalue weighted by molar-refractivity contribution is 6.34. The van der Waals surface area contributed by atoms with Crippen molar-refractivity contribution in [3.05, 3.63) is 41.0 Å². The van der Waals surface area contributed by atoms with Gasteiger partial charge in [-0.25, -0.2) is 9.48 Å². The lowest BCUT2D eigenvalue weighted by atomic mass is 9.80. The Hall–Kier alpha value is -2.05. The number of anilines is 1. The summed E-state index contributed by atoms with van der Waals surface area (Å²) in [5, 5.41) is 16.8. The van der Waals surface area contributed by atoms with E-state index in [-0.39, 0.29) is 12.0 Å². The number of hydrogen-bond acceptors (Lipinski definition) is 3. The molecule has 110 valence electrons. The van der Waals surface area contributed by atoms with Gasteiger partial charge in [0.15, 0.2) is 5.82 Å². The molecule has 0 radical (unpaired) electrons. The molecule has 1 saturated carbocycles. The highest BCUT2D eigenvalue weighted by Gasteiger charge is 2.34. The van der Waals surface area contributed by atoms with Crippen molar-refractivity contribution in [2.24, 2.45) is 5.73 Å². The van der Waals surface area contributed by atoms with Crippen molar-refractivity contribution in [1.82, 2.24) is 9.78 Å². The number of rotatable bonds is 3. The minimum Gasteiger partial charge on any atom is -0.393 e. The Labute approximate surface area is 126 Å². The van der Waals surface area contributed by atoms with E-state index in [1.807, 2.05) is 30.3 Å². The summed E-state index contributed by atoms with van der Waals surface area (Å²) in [6.07, 6.45) is 0.948. The van der Waals surface area contributed by atoms with E-state index in [0.717, 1.165) is 5.69 Å². The first-order valence-corrected chi connectivity index (χ1v) is 7.02. The van der Waals surface area contributed by atoms with Gasteiger partial charge in [-0.3, -0.25) is 5.32 Å². The van der Waals surface area contributed by atoms with E-state index in [1.54, 1.807) is 4.68 Å². The normalized spacial score (nSPS) is 20.9. The third-order valence-electron chi connectivity index (χ3n) is 3.59. The number of aliphatic hydroxyl groups is 1. The van der Waals surface area contributed by atoms with Crippen molar-refractivity contribution in [1.29, 1.82) is 0 Å². The fraction of sp³-hybridized carbons (Fsp3) is 0.286. The second kappa shape index (κ2) is 5.38. The largest absolute Gasteiger partial charge is 0.393 e. The Morgan fingerprint density at radius 3 is 2.62 bits per heavy atom. The van der Waals surface area contributed by atoms with Crippen molar-refractivity contribution in [2.45, 2.75) is 24.9 Å². The van der Waals surface area contributed by atoms with Crippen LogP contribution in [0.4, 0.5) is 10.6 Å². The van der Waals surface area contributed by atoms with Gasteiger partial charge in [-0.2, -0.15) is 5.10 Å². The number of nitrogens with one attached hydrogen (secondary N) is 1. The summed E-state index contributed by atoms with van der Waals surface area (Å²) in [6, 6.07) is 8.63. The molecule has 0 atom stereocenters. The molecule has 2 amide bonds. The number of hydrogen-bond donors (Lipinski definition) is 3. The maximum atomic E-state index is 11.2. The minimum atomic E-state index is -0.700. The van der Waals surface area contributed by atoms with Crippen LogP contribution in [0.5, 0.6) is 0 Å². The predicted molar refractivity (Wildman–Crippen MR) is 79.8 cm³/mol. The number of aromatic nitrogens is 2. The number of carbonyl (C=O) groups excluding carboxylic acids is 1. The maximum absolute atomic E-state index is 11.2. The molecule has 0 saturated heterocycles. The van der Waals surface area contributed by atoms with Crippen LogP contribution in [0.25, 0.3) is 5.69 Å². The molecule has 7 heteroatoms. The molecule has 0 bridgehead atoms. The number of halogens is 1. The number of primary amides is 1. The van der Waals surface area contributed by atoms with E-state index >= 15 is 0 Å². The van der Waals surface area contributed by atoms with Crippen LogP contribution >= 0.6 is 11.6 Å². The summed E-state index contributed by atoms with van der Waals surface area (Å²) < 4.78 is 1.56. The van der Waals surface area contributed by atoms with Gasteiger partial charge in [-0.05, 0) is 25.0 Å². The first-order chi connectivity index (χ1) is 10.1. The zero-order valence-corrected chi connectivity index (χ0v) is 11.9. The van der Waals surface area contributed by atoms with Crippen LogP contribution in [-0.4, -0.2) is 27.0 Å². The van der Waals surface area contributed by atoms with Gasteiger partial charge in [-0.1, -0.05) is 29.8 Å². The molecule has 21 heavy (non-hydrogen) atoms. The van der Waals surface area contributed by atoms with Crippen LogP contribution in [0.1, 0.15) is 24.5 Å². The van der Waals surface area contributed by atoms with Gasteiger partial charge >= 0.3 is 6.03 Å². The Balaban J connectivity index is 2.05. The molecule has 1 aromatic carbocycles. The average molecular weight is 307 g/mol. The van der Waals surface area contributed by atoms with Gasteiger partial charge in [0.2, 0.25) is 0 Å². The SMILES string of the molecule is NC(=O)Nc1c(Cl)c(C2CC(O)C2)nn1-c1ccccc1. The standard InChI is InChI=1S/C14H15ClN4O2/c15-11-12(8-6-10(20)7-8)18-19(13(11)17-14(16)21)9-4-2-1-3-5-9/h1-5,8,10,20H,6-7H2,(H3,16,17,21). The van der Waals surface area contributed by atoms with Crippen LogP contribution in [0.15, 0.2) is 30.3 Å². The number of nitrogens with zero attached hydrogens (tertiary/aromatic N) is 2. The van der Waals surface area contributed by atoms with Crippen LogP contribution in [-0.2, 0) is 0 Å². The Morgan fingerprint density at radius 2 is 2.05 bits per heavy atom. The van der Waals surface area contributed by atoms with Crippen LogP contribution in [0.3, 0.4) is 0 Å². The van der Waals surface area contributed by atoms with Gasteiger partial charge in [0.1, 0.15) is 5.02 Å². The zero-order chi connectivity index (χ0) is 15.0. The van der Waals surface area contributed by atoms with E-state index in [4.69, 9.17) is 17.3 Å². The van der Waals surface area contributed by atoms with E-state index in [9.17, 15) is 9.90 Å². The van der Waals surface area contributed by atoms with Gasteiger partial charge in [0.05, 0.1) is 17.5 Å². The van der Waals surface area contributed by atoms with Crippen molar-refractivity contribution < 1.29 is 9.90 Å². The van der Waals surface area contributed by atoms with Crippen molar-refractivity contribution in [3.63, 3.8) is 0 Å². The molecule has 0 spiro atoms. The third kappa shape index (κ3) is 2.59. The van der Waals surface area contributed by atoms with Crippen molar-refractivity contribution >= 4 is 23.4 Å². The fourth-order valence-electron chi connectivity index (χ4n) is 2.47. The Morgan fingerprint density at radius 1 is 1.38 bits per heavy atom. The number of para-hydroxylation sites is 1. The Kier molecular flexibility index (Phi) is 3.57. The quantitative estimate of drug-likeness (QED) is 0.812. The molecule has 4 N–H and O–H groups in total. The number of nitrogens with two attached hydrogens (primary N) is 1. The molecule has 3 rings (SSSR count). The van der Waals surface area contributed by atoms with Gasteiger partial charge in [-0.15, -0.1) is 0 Å². The summed E-state index contributed by atoms with van der Waals surface area (Å²) in [7, 11) is 0. The lowest BCUT2D eigenvalue weighted by molar-refractivity contribution is 0.0731. The third-order valence-corrected chi connectivity index (χ3v) is 3.97. The molecule has 1 aromatic heterocycles. The van der Waals surface area contributed by atoms with E-state index in [1.165, 1.54) is 0 Å². The summed E-state index contributed by atoms with van der Waals surface area (Å²) in [5.41, 5.74) is 6.65. The lowest BCUT2D eigenvalue weighted by Gasteiger charge is -2.29. The highest BCUT2D eigenvalue weighted by Crippen LogP contribution is 2.42. The maximum Gasteiger partial charge on any atom is 0.317 e. The highest BCUT2D eigenvalue weighted by atomic mass is 35.5. The van der Waals surface area contributed by atoms with Crippen LogP contribution < -0.4 is 11.1 Å². The zero-order valence-electron chi connectivity index (χ0n) is 11.2. The van der Waals surface area contributed by atoms with Crippen molar-refractivity contribution in [2.75, 3.05) is 5.32 Å². The second-order valence-electron chi connectivity index (χ2n) is 5.11. The summed E-state index contributed by atoms with van der Waals surface area (Å²) in [4.78, 5) is 11.2. The first kappa shape index (κ1) is 13.9. The number of aliphatic hydroxyl groups excluding tert-OH is 1. The number of benzene rings is 1. The first-order valence-electron chi connectivity index (χ1n) is 6.64. The topological polar surface area (TPSA) is 93.2 Å². The minimum absolute atomic E-state index is 0.103. The van der Waals surface area contributed by atoms with Crippen LogP contribution in [0, 0.1) is 0 Å². The van der Waals surface area contributed by atoms with Crippen molar-refractivity contribution in [3.8, 4) is 5.69 Å². The fourth-order valence-corrected chi connectivity index (χ4v) is 2.79. The monoisotopic (exact) mass is 306 g/mol. The molecule has 2 aromatic rings. The second-order valence-corrected chi connectivity index (χ2v) is 5.48. The molecule has 1 fully saturated rings. The molecule has 0 unspecified atom stereocenters. The van der Waals surface area contributed by atoms with Crippen LogP contribution in [0.2, 0.25) is 5.02 Å². The number of amides is 2. The van der Waals surface area contributed by atoms with Gasteiger partial charge in [0.25, 0.3) is 0 Å².